The van der Waals surface area contributed by atoms with Crippen LogP contribution in [0, 0.1) is 0 Å². The highest BCUT2D eigenvalue weighted by atomic mass is 35.5. The number of nitrogens with zero attached hydrogens (tertiary/aromatic N) is 3. The van der Waals surface area contributed by atoms with Crippen LogP contribution in [-0.4, -0.2) is 35.8 Å². The lowest BCUT2D eigenvalue weighted by Gasteiger charge is -2.29. The zero-order valence-corrected chi connectivity index (χ0v) is 17.2. The molecule has 148 valence electrons. The second-order valence-corrected chi connectivity index (χ2v) is 9.05. The minimum atomic E-state index is -3.84. The second-order valence-electron chi connectivity index (χ2n) is 6.89. The molecule has 6 nitrogen and oxygen atoms in total. The highest BCUT2D eigenvalue weighted by molar-refractivity contribution is 7.89. The van der Waals surface area contributed by atoms with E-state index in [-0.39, 0.29) is 16.2 Å². The van der Waals surface area contributed by atoms with Crippen molar-refractivity contribution in [1.82, 2.24) is 13.7 Å². The number of hydrogen-bond acceptors (Lipinski definition) is 4. The Balaban J connectivity index is 1.81. The number of ether oxygens (including phenoxy) is 1. The molecule has 0 radical (unpaired) electrons. The Morgan fingerprint density at radius 3 is 2.64 bits per heavy atom. The van der Waals surface area contributed by atoms with Crippen molar-refractivity contribution in [3.63, 3.8) is 0 Å². The van der Waals surface area contributed by atoms with Crippen molar-refractivity contribution in [1.29, 1.82) is 0 Å². The van der Waals surface area contributed by atoms with Crippen LogP contribution in [0.15, 0.2) is 53.7 Å². The molecule has 1 fully saturated rings. The van der Waals surface area contributed by atoms with Gasteiger partial charge in [-0.1, -0.05) is 42.6 Å². The summed E-state index contributed by atoms with van der Waals surface area (Å²) in [7, 11) is -2.23. The van der Waals surface area contributed by atoms with Gasteiger partial charge in [-0.25, -0.2) is 13.4 Å². The van der Waals surface area contributed by atoms with E-state index in [1.807, 2.05) is 24.3 Å². The smallest absolute Gasteiger partial charge is 0.262 e. The molecule has 1 aromatic carbocycles. The van der Waals surface area contributed by atoms with E-state index >= 15 is 0 Å². The molecule has 1 aliphatic heterocycles. The van der Waals surface area contributed by atoms with Crippen LogP contribution in [0.5, 0.6) is 5.75 Å². The fourth-order valence-electron chi connectivity index (χ4n) is 3.82. The van der Waals surface area contributed by atoms with Gasteiger partial charge in [0.05, 0.1) is 13.2 Å². The molecule has 0 spiro atoms. The third kappa shape index (κ3) is 3.38. The van der Waals surface area contributed by atoms with Gasteiger partial charge in [-0.2, -0.15) is 4.31 Å². The van der Waals surface area contributed by atoms with Crippen LogP contribution in [0.3, 0.4) is 0 Å². The van der Waals surface area contributed by atoms with Crippen LogP contribution in [0.2, 0.25) is 5.15 Å². The van der Waals surface area contributed by atoms with Crippen molar-refractivity contribution < 1.29 is 13.2 Å². The molecule has 0 aliphatic carbocycles. The summed E-state index contributed by atoms with van der Waals surface area (Å²) in [5.41, 5.74) is 1.47. The van der Waals surface area contributed by atoms with Gasteiger partial charge in [0.25, 0.3) is 10.0 Å². The van der Waals surface area contributed by atoms with Gasteiger partial charge in [0.2, 0.25) is 0 Å². The van der Waals surface area contributed by atoms with E-state index in [2.05, 4.69) is 4.98 Å². The summed E-state index contributed by atoms with van der Waals surface area (Å²) in [4.78, 5) is 4.22. The van der Waals surface area contributed by atoms with E-state index in [1.54, 1.807) is 40.2 Å². The topological polar surface area (TPSA) is 63.9 Å². The first-order valence-corrected chi connectivity index (χ1v) is 11.1. The molecule has 0 bridgehead atoms. The summed E-state index contributed by atoms with van der Waals surface area (Å²) < 4.78 is 35.8. The van der Waals surface area contributed by atoms with Gasteiger partial charge in [-0.05, 0) is 42.7 Å². The molecular weight excluding hydrogens is 398 g/mol. The van der Waals surface area contributed by atoms with Crippen molar-refractivity contribution in [3.05, 3.63) is 59.4 Å². The third-order valence-corrected chi connectivity index (χ3v) is 7.51. The predicted octanol–water partition coefficient (Wildman–Crippen LogP) is 4.30. The van der Waals surface area contributed by atoms with Crippen molar-refractivity contribution >= 4 is 27.3 Å². The average Bonchev–Trinajstić information content (AvgIpc) is 2.87. The average molecular weight is 420 g/mol. The van der Waals surface area contributed by atoms with Gasteiger partial charge in [0, 0.05) is 12.7 Å². The van der Waals surface area contributed by atoms with Gasteiger partial charge < -0.3 is 4.74 Å². The molecule has 4 rings (SSSR count). The number of hydrogen-bond donors (Lipinski definition) is 0. The largest absolute Gasteiger partial charge is 0.497 e. The highest BCUT2D eigenvalue weighted by Crippen LogP contribution is 2.37. The first-order chi connectivity index (χ1) is 13.5. The van der Waals surface area contributed by atoms with E-state index in [9.17, 15) is 8.42 Å². The van der Waals surface area contributed by atoms with E-state index in [0.29, 0.717) is 12.2 Å². The van der Waals surface area contributed by atoms with E-state index < -0.39 is 10.0 Å². The maximum Gasteiger partial charge on any atom is 0.262 e. The first kappa shape index (κ1) is 19.2. The summed E-state index contributed by atoms with van der Waals surface area (Å²) in [6, 6.07) is 12.7. The van der Waals surface area contributed by atoms with Gasteiger partial charge in [0.15, 0.2) is 10.2 Å². The molecule has 0 amide bonds. The van der Waals surface area contributed by atoms with Crippen LogP contribution >= 0.6 is 11.6 Å². The predicted molar refractivity (Wildman–Crippen MR) is 108 cm³/mol. The van der Waals surface area contributed by atoms with Gasteiger partial charge in [-0.15, -0.1) is 0 Å². The number of imidazole rings is 1. The fraction of sp³-hybridized carbons (Fsp3) is 0.350. The number of sulfonamides is 1. The van der Waals surface area contributed by atoms with E-state index in [1.165, 1.54) is 0 Å². The lowest BCUT2D eigenvalue weighted by atomic mass is 10.0. The number of rotatable bonds is 4. The molecule has 0 N–H and O–H groups in total. The quantitative estimate of drug-likeness (QED) is 0.632. The Morgan fingerprint density at radius 2 is 1.89 bits per heavy atom. The molecule has 1 saturated heterocycles. The molecule has 0 saturated carbocycles. The van der Waals surface area contributed by atoms with E-state index in [4.69, 9.17) is 16.3 Å². The van der Waals surface area contributed by atoms with Gasteiger partial charge in [0.1, 0.15) is 11.4 Å². The Labute approximate surface area is 169 Å². The standard InChI is InChI=1S/C20H22ClN3O3S/c1-27-16-11-9-15(10-12-16)17-7-3-2-5-14-24(17)28(25,26)20-19(21)22-18-8-4-6-13-23(18)20/h4,6,8-13,17H,2-3,5,7,14H2,1H3/t17-/m0/s1. The number of pyridine rings is 1. The Kier molecular flexibility index (Phi) is 5.31. The summed E-state index contributed by atoms with van der Waals surface area (Å²) in [5, 5.41) is 0.0362. The number of benzene rings is 1. The fourth-order valence-corrected chi connectivity index (χ4v) is 6.10. The molecule has 1 aliphatic rings. The Bertz CT molecular complexity index is 1080. The van der Waals surface area contributed by atoms with Crippen LogP contribution in [0.25, 0.3) is 5.65 Å². The molecule has 8 heteroatoms. The van der Waals surface area contributed by atoms with Gasteiger partial charge in [-0.3, -0.25) is 4.40 Å². The molecule has 2 aromatic heterocycles. The van der Waals surface area contributed by atoms with Gasteiger partial charge >= 0.3 is 0 Å². The number of aromatic nitrogens is 2. The van der Waals surface area contributed by atoms with Crippen molar-refractivity contribution in [2.75, 3.05) is 13.7 Å². The zero-order chi connectivity index (χ0) is 19.7. The molecule has 1 atom stereocenters. The lowest BCUT2D eigenvalue weighted by molar-refractivity contribution is 0.327. The molecular formula is C20H22ClN3O3S. The maximum atomic E-state index is 13.7. The lowest BCUT2D eigenvalue weighted by Crippen LogP contribution is -2.35. The summed E-state index contributed by atoms with van der Waals surface area (Å²) in [5.74, 6) is 0.747. The van der Waals surface area contributed by atoms with Crippen LogP contribution in [0.4, 0.5) is 0 Å². The Hall–Kier alpha value is -2.09. The number of fused-ring (bicyclic) bond motifs is 1. The SMILES string of the molecule is COc1ccc([C@@H]2CCCCCN2S(=O)(=O)c2c(Cl)nc3ccccn23)cc1. The first-order valence-electron chi connectivity index (χ1n) is 9.31. The number of halogens is 1. The van der Waals surface area contributed by atoms with Crippen LogP contribution in [-0.2, 0) is 10.0 Å². The van der Waals surface area contributed by atoms with Crippen LogP contribution < -0.4 is 4.74 Å². The van der Waals surface area contributed by atoms with Crippen molar-refractivity contribution in [3.8, 4) is 5.75 Å². The molecule has 3 aromatic rings. The molecule has 28 heavy (non-hydrogen) atoms. The molecule has 3 heterocycles. The number of methoxy groups -OCH3 is 1. The minimum Gasteiger partial charge on any atom is -0.497 e. The van der Waals surface area contributed by atoms with Crippen molar-refractivity contribution in [2.45, 2.75) is 36.8 Å². The minimum absolute atomic E-state index is 0.00364. The monoisotopic (exact) mass is 419 g/mol. The molecule has 0 unspecified atom stereocenters. The van der Waals surface area contributed by atoms with E-state index in [0.717, 1.165) is 37.0 Å². The third-order valence-electron chi connectivity index (χ3n) is 5.20. The highest BCUT2D eigenvalue weighted by Gasteiger charge is 2.37. The van der Waals surface area contributed by atoms with Crippen molar-refractivity contribution in [2.24, 2.45) is 0 Å². The maximum absolute atomic E-state index is 13.7. The summed E-state index contributed by atoms with van der Waals surface area (Å²) in [6.07, 6.45) is 5.24. The summed E-state index contributed by atoms with van der Waals surface area (Å²) >= 11 is 6.29. The normalized spacial score (nSPS) is 18.9. The Morgan fingerprint density at radius 1 is 1.11 bits per heavy atom. The van der Waals surface area contributed by atoms with Crippen LogP contribution in [0.1, 0.15) is 37.3 Å². The summed E-state index contributed by atoms with van der Waals surface area (Å²) in [6.45, 7) is 0.454. The zero-order valence-electron chi connectivity index (χ0n) is 15.6. The second kappa shape index (κ2) is 7.73.